The molecule has 0 saturated carbocycles. The fourth-order valence-corrected chi connectivity index (χ4v) is 4.35. The zero-order valence-corrected chi connectivity index (χ0v) is 16.4. The van der Waals surface area contributed by atoms with E-state index in [-0.39, 0.29) is 11.8 Å². The third-order valence-corrected chi connectivity index (χ3v) is 5.88. The van der Waals surface area contributed by atoms with Crippen LogP contribution in [0.25, 0.3) is 10.8 Å². The van der Waals surface area contributed by atoms with Crippen molar-refractivity contribution >= 4 is 40.0 Å². The van der Waals surface area contributed by atoms with Crippen molar-refractivity contribution in [1.82, 2.24) is 5.32 Å². The third-order valence-electron chi connectivity index (χ3n) is 4.87. The van der Waals surface area contributed by atoms with Crippen molar-refractivity contribution < 1.29 is 9.59 Å². The predicted octanol–water partition coefficient (Wildman–Crippen LogP) is 4.49. The van der Waals surface area contributed by atoms with Crippen LogP contribution in [0.5, 0.6) is 0 Å². The van der Waals surface area contributed by atoms with Crippen LogP contribution in [0.4, 0.5) is 5.69 Å². The zero-order chi connectivity index (χ0) is 19.3. The van der Waals surface area contributed by atoms with Crippen LogP contribution in [-0.4, -0.2) is 30.7 Å². The summed E-state index contributed by atoms with van der Waals surface area (Å²) >= 11 is 1.73. The first-order valence-electron chi connectivity index (χ1n) is 9.52. The van der Waals surface area contributed by atoms with Crippen molar-refractivity contribution in [2.75, 3.05) is 23.7 Å². The lowest BCUT2D eigenvalue weighted by molar-refractivity contribution is -0.121. The largest absolute Gasteiger partial charge is 0.355 e. The van der Waals surface area contributed by atoms with Crippen LogP contribution in [0.15, 0.2) is 71.6 Å². The molecule has 0 fully saturated rings. The number of carbonyl (C=O) groups excluding carboxylic acids is 2. The van der Waals surface area contributed by atoms with Crippen LogP contribution in [0.3, 0.4) is 0 Å². The highest BCUT2D eigenvalue weighted by Gasteiger charge is 2.28. The molecule has 0 saturated heterocycles. The van der Waals surface area contributed by atoms with E-state index in [1.165, 1.54) is 4.90 Å². The number of thioether (sulfide) groups is 1. The van der Waals surface area contributed by atoms with Crippen LogP contribution >= 0.6 is 11.8 Å². The van der Waals surface area contributed by atoms with Gasteiger partial charge in [-0.2, -0.15) is 0 Å². The molecular formula is C23H22N2O2S. The van der Waals surface area contributed by atoms with E-state index in [0.717, 1.165) is 27.8 Å². The number of nitrogens with one attached hydrogen (secondary N) is 1. The van der Waals surface area contributed by atoms with Gasteiger partial charge in [0.1, 0.15) is 0 Å². The minimum Gasteiger partial charge on any atom is -0.355 e. The molecule has 0 spiro atoms. The molecule has 0 unspecified atom stereocenters. The Hall–Kier alpha value is -2.79. The van der Waals surface area contributed by atoms with E-state index >= 15 is 0 Å². The lowest BCUT2D eigenvalue weighted by atomic mass is 10.1. The molecule has 3 aromatic carbocycles. The maximum atomic E-state index is 12.7. The summed E-state index contributed by atoms with van der Waals surface area (Å²) in [6.45, 7) is 1.20. The SMILES string of the molecule is O=C(CCCN1C(=O)c2cccc3cccc1c23)NCCSc1ccccc1. The van der Waals surface area contributed by atoms with Crippen molar-refractivity contribution in [2.24, 2.45) is 0 Å². The molecule has 28 heavy (non-hydrogen) atoms. The number of nitrogens with zero attached hydrogens (tertiary/aromatic N) is 1. The number of hydrogen-bond donors (Lipinski definition) is 1. The van der Waals surface area contributed by atoms with E-state index in [1.807, 2.05) is 54.6 Å². The summed E-state index contributed by atoms with van der Waals surface area (Å²) in [5.74, 6) is 0.917. The molecule has 0 atom stereocenters. The maximum absolute atomic E-state index is 12.7. The second-order valence-corrected chi connectivity index (χ2v) is 7.92. The van der Waals surface area contributed by atoms with Gasteiger partial charge in [0.05, 0.1) is 5.69 Å². The standard InChI is InChI=1S/C23H22N2O2S/c26-21(24-14-16-28-18-9-2-1-3-10-18)13-6-15-25-20-12-5-8-17-7-4-11-19(22(17)20)23(25)27/h1-5,7-12H,6,13-16H2,(H,24,26). The Morgan fingerprint density at radius 1 is 0.964 bits per heavy atom. The molecular weight excluding hydrogens is 368 g/mol. The van der Waals surface area contributed by atoms with Crippen LogP contribution in [-0.2, 0) is 4.79 Å². The molecule has 0 aliphatic carbocycles. The highest BCUT2D eigenvalue weighted by atomic mass is 32.2. The summed E-state index contributed by atoms with van der Waals surface area (Å²) in [7, 11) is 0. The van der Waals surface area contributed by atoms with Gasteiger partial charge in [-0.15, -0.1) is 11.8 Å². The van der Waals surface area contributed by atoms with Gasteiger partial charge in [0.15, 0.2) is 0 Å². The summed E-state index contributed by atoms with van der Waals surface area (Å²) < 4.78 is 0. The molecule has 3 aromatic rings. The van der Waals surface area contributed by atoms with E-state index in [2.05, 4.69) is 17.4 Å². The number of carbonyl (C=O) groups is 2. The second-order valence-electron chi connectivity index (χ2n) is 6.75. The van der Waals surface area contributed by atoms with Gasteiger partial charge < -0.3 is 10.2 Å². The van der Waals surface area contributed by atoms with Crippen molar-refractivity contribution in [3.8, 4) is 0 Å². The van der Waals surface area contributed by atoms with Crippen LogP contribution in [0.2, 0.25) is 0 Å². The lowest BCUT2D eigenvalue weighted by Gasteiger charge is -2.17. The minimum atomic E-state index is 0.0338. The molecule has 0 radical (unpaired) electrons. The van der Waals surface area contributed by atoms with Gasteiger partial charge in [0.25, 0.3) is 5.91 Å². The topological polar surface area (TPSA) is 49.4 Å². The summed E-state index contributed by atoms with van der Waals surface area (Å²) in [6.07, 6.45) is 1.07. The Balaban J connectivity index is 1.24. The van der Waals surface area contributed by atoms with Crippen LogP contribution in [0.1, 0.15) is 23.2 Å². The monoisotopic (exact) mass is 390 g/mol. The molecule has 5 heteroatoms. The molecule has 1 heterocycles. The molecule has 0 bridgehead atoms. The number of rotatable bonds is 8. The minimum absolute atomic E-state index is 0.0338. The summed E-state index contributed by atoms with van der Waals surface area (Å²) in [4.78, 5) is 27.8. The van der Waals surface area contributed by atoms with Gasteiger partial charge in [-0.3, -0.25) is 9.59 Å². The molecule has 4 rings (SSSR count). The van der Waals surface area contributed by atoms with E-state index in [1.54, 1.807) is 16.7 Å². The van der Waals surface area contributed by atoms with Crippen molar-refractivity contribution in [2.45, 2.75) is 17.7 Å². The Morgan fingerprint density at radius 3 is 2.57 bits per heavy atom. The Morgan fingerprint density at radius 2 is 1.75 bits per heavy atom. The van der Waals surface area contributed by atoms with Gasteiger partial charge in [-0.1, -0.05) is 42.5 Å². The van der Waals surface area contributed by atoms with Gasteiger partial charge in [0, 0.05) is 41.1 Å². The van der Waals surface area contributed by atoms with Gasteiger partial charge >= 0.3 is 0 Å². The van der Waals surface area contributed by atoms with Gasteiger partial charge in [-0.05, 0) is 36.1 Å². The fourth-order valence-electron chi connectivity index (χ4n) is 3.56. The molecule has 1 aliphatic heterocycles. The predicted molar refractivity (Wildman–Crippen MR) is 115 cm³/mol. The first-order valence-corrected chi connectivity index (χ1v) is 10.5. The lowest BCUT2D eigenvalue weighted by Crippen LogP contribution is -2.30. The summed E-state index contributed by atoms with van der Waals surface area (Å²) in [5.41, 5.74) is 1.72. The Kier molecular flexibility index (Phi) is 5.63. The zero-order valence-electron chi connectivity index (χ0n) is 15.6. The average molecular weight is 391 g/mol. The Bertz CT molecular complexity index is 999. The molecule has 1 N–H and O–H groups in total. The third kappa shape index (κ3) is 3.90. The molecule has 142 valence electrons. The van der Waals surface area contributed by atoms with Crippen molar-refractivity contribution in [1.29, 1.82) is 0 Å². The fraction of sp³-hybridized carbons (Fsp3) is 0.217. The average Bonchev–Trinajstić information content (AvgIpc) is 3.00. The van der Waals surface area contributed by atoms with Gasteiger partial charge in [-0.25, -0.2) is 0 Å². The quantitative estimate of drug-likeness (QED) is 0.455. The van der Waals surface area contributed by atoms with Crippen molar-refractivity contribution in [3.05, 3.63) is 72.3 Å². The van der Waals surface area contributed by atoms with Crippen LogP contribution < -0.4 is 10.2 Å². The maximum Gasteiger partial charge on any atom is 0.258 e. The molecule has 4 nitrogen and oxygen atoms in total. The van der Waals surface area contributed by atoms with E-state index in [0.29, 0.717) is 25.9 Å². The molecule has 0 aromatic heterocycles. The van der Waals surface area contributed by atoms with Gasteiger partial charge in [0.2, 0.25) is 5.91 Å². The van der Waals surface area contributed by atoms with Crippen molar-refractivity contribution in [3.63, 3.8) is 0 Å². The number of anilines is 1. The first-order chi connectivity index (χ1) is 13.7. The smallest absolute Gasteiger partial charge is 0.258 e. The van der Waals surface area contributed by atoms with E-state index in [4.69, 9.17) is 0 Å². The molecule has 2 amide bonds. The first kappa shape index (κ1) is 18.6. The molecule has 1 aliphatic rings. The second kappa shape index (κ2) is 8.48. The normalized spacial score (nSPS) is 12.6. The number of amides is 2. The summed E-state index contributed by atoms with van der Waals surface area (Å²) in [5, 5.41) is 5.07. The Labute approximate surface area is 168 Å². The number of benzene rings is 3. The van der Waals surface area contributed by atoms with E-state index in [9.17, 15) is 9.59 Å². The van der Waals surface area contributed by atoms with E-state index < -0.39 is 0 Å². The van der Waals surface area contributed by atoms with Crippen LogP contribution in [0, 0.1) is 0 Å². The highest BCUT2D eigenvalue weighted by molar-refractivity contribution is 7.99. The summed E-state index contributed by atoms with van der Waals surface area (Å²) in [6, 6.07) is 22.0. The highest BCUT2D eigenvalue weighted by Crippen LogP contribution is 2.37. The number of hydrogen-bond acceptors (Lipinski definition) is 3.